The summed E-state index contributed by atoms with van der Waals surface area (Å²) in [6.07, 6.45) is 1.22. The van der Waals surface area contributed by atoms with Crippen LogP contribution in [0.3, 0.4) is 0 Å². The van der Waals surface area contributed by atoms with Crippen molar-refractivity contribution >= 4 is 18.3 Å². The van der Waals surface area contributed by atoms with Gasteiger partial charge in [0.05, 0.1) is 0 Å². The number of hydrogen-bond acceptors (Lipinski definition) is 2. The van der Waals surface area contributed by atoms with Crippen molar-refractivity contribution in [1.29, 1.82) is 0 Å². The van der Waals surface area contributed by atoms with Crippen molar-refractivity contribution in [2.75, 3.05) is 6.54 Å². The van der Waals surface area contributed by atoms with Gasteiger partial charge >= 0.3 is 0 Å². The van der Waals surface area contributed by atoms with E-state index in [-0.39, 0.29) is 23.9 Å². The van der Waals surface area contributed by atoms with Gasteiger partial charge in [-0.25, -0.2) is 0 Å². The molecule has 0 spiro atoms. The van der Waals surface area contributed by atoms with E-state index in [1.165, 1.54) is 11.1 Å². The quantitative estimate of drug-likeness (QED) is 0.862. The van der Waals surface area contributed by atoms with E-state index in [9.17, 15) is 4.79 Å². The Balaban J connectivity index is 0.00000289. The third-order valence-corrected chi connectivity index (χ3v) is 2.74. The second-order valence-corrected chi connectivity index (χ2v) is 5.07. The summed E-state index contributed by atoms with van der Waals surface area (Å²) in [5, 5.41) is 3.01. The Kier molecular flexibility index (Phi) is 6.96. The van der Waals surface area contributed by atoms with E-state index in [0.29, 0.717) is 13.0 Å². The minimum Gasteiger partial charge on any atom is -0.351 e. The summed E-state index contributed by atoms with van der Waals surface area (Å²) in [5.74, 6) is 0.0195. The predicted octanol–water partition coefficient (Wildman–Crippen LogP) is 2.20. The van der Waals surface area contributed by atoms with Gasteiger partial charge in [0.2, 0.25) is 5.91 Å². The van der Waals surface area contributed by atoms with Gasteiger partial charge in [-0.2, -0.15) is 0 Å². The molecular formula is C14H23ClN2O. The lowest BCUT2D eigenvalue weighted by molar-refractivity contribution is -0.122. The molecule has 0 bridgehead atoms. The number of carbonyl (C=O) groups is 1. The first kappa shape index (κ1) is 16.9. The van der Waals surface area contributed by atoms with Gasteiger partial charge in [-0.05, 0) is 38.3 Å². The van der Waals surface area contributed by atoms with Gasteiger partial charge in [-0.15, -0.1) is 12.4 Å². The number of amides is 1. The van der Waals surface area contributed by atoms with Crippen molar-refractivity contribution in [3.05, 3.63) is 35.4 Å². The molecule has 1 amide bonds. The van der Waals surface area contributed by atoms with Gasteiger partial charge in [-0.3, -0.25) is 4.79 Å². The molecule has 3 nitrogen and oxygen atoms in total. The zero-order valence-corrected chi connectivity index (χ0v) is 12.1. The van der Waals surface area contributed by atoms with Crippen LogP contribution in [0.25, 0.3) is 0 Å². The average Bonchev–Trinajstić information content (AvgIpc) is 2.20. The van der Waals surface area contributed by atoms with Gasteiger partial charge in [0, 0.05) is 18.5 Å². The van der Waals surface area contributed by atoms with Crippen molar-refractivity contribution < 1.29 is 4.79 Å². The number of carbonyl (C=O) groups excluding carboxylic acids is 1. The second kappa shape index (κ2) is 7.39. The third kappa shape index (κ3) is 5.52. The van der Waals surface area contributed by atoms with Crippen LogP contribution in [0, 0.1) is 6.92 Å². The molecule has 0 fully saturated rings. The summed E-state index contributed by atoms with van der Waals surface area (Å²) in [6.45, 7) is 6.56. The molecule has 0 saturated carbocycles. The molecule has 3 N–H and O–H groups in total. The normalized spacial score (nSPS) is 10.7. The van der Waals surface area contributed by atoms with Crippen molar-refractivity contribution in [3.63, 3.8) is 0 Å². The zero-order chi connectivity index (χ0) is 12.9. The summed E-state index contributed by atoms with van der Waals surface area (Å²) in [4.78, 5) is 11.5. The number of halogens is 1. The highest BCUT2D eigenvalue weighted by Crippen LogP contribution is 2.16. The van der Waals surface area contributed by atoms with Gasteiger partial charge in [0.25, 0.3) is 0 Å². The minimum atomic E-state index is -0.238. The number of hydrogen-bond donors (Lipinski definition) is 2. The average molecular weight is 271 g/mol. The highest BCUT2D eigenvalue weighted by molar-refractivity contribution is 5.85. The molecule has 1 aromatic rings. The predicted molar refractivity (Wildman–Crippen MR) is 78.0 cm³/mol. The van der Waals surface area contributed by atoms with Crippen LogP contribution in [0.2, 0.25) is 0 Å². The van der Waals surface area contributed by atoms with Crippen LogP contribution in [-0.2, 0) is 11.2 Å². The molecule has 18 heavy (non-hydrogen) atoms. The molecule has 0 heterocycles. The summed E-state index contributed by atoms with van der Waals surface area (Å²) in [5.41, 5.74) is 7.65. The van der Waals surface area contributed by atoms with E-state index in [4.69, 9.17) is 5.73 Å². The summed E-state index contributed by atoms with van der Waals surface area (Å²) in [6, 6.07) is 8.25. The van der Waals surface area contributed by atoms with E-state index in [1.54, 1.807) is 0 Å². The number of benzene rings is 1. The molecule has 0 unspecified atom stereocenters. The van der Waals surface area contributed by atoms with Crippen molar-refractivity contribution in [2.24, 2.45) is 5.73 Å². The molecular weight excluding hydrogens is 248 g/mol. The Hall–Kier alpha value is -1.06. The molecule has 102 valence electrons. The molecule has 1 rings (SSSR count). The van der Waals surface area contributed by atoms with Gasteiger partial charge in [0.1, 0.15) is 0 Å². The maximum atomic E-state index is 11.5. The number of nitrogens with two attached hydrogens (primary N) is 1. The van der Waals surface area contributed by atoms with E-state index < -0.39 is 0 Å². The van der Waals surface area contributed by atoms with Gasteiger partial charge in [0.15, 0.2) is 0 Å². The number of rotatable bonds is 5. The van der Waals surface area contributed by atoms with Crippen molar-refractivity contribution in [2.45, 2.75) is 39.2 Å². The Labute approximate surface area is 116 Å². The Morgan fingerprint density at radius 2 is 1.94 bits per heavy atom. The van der Waals surface area contributed by atoms with Crippen LogP contribution in [0.5, 0.6) is 0 Å². The molecule has 0 radical (unpaired) electrons. The Morgan fingerprint density at radius 3 is 2.50 bits per heavy atom. The molecule has 4 heteroatoms. The molecule has 1 aromatic carbocycles. The standard InChI is InChI=1S/C14H22N2O.ClH/c1-11-6-4-5-7-12(11)10-14(2,3)16-13(17)8-9-15;/h4-7H,8-10,15H2,1-3H3,(H,16,17);1H. The topological polar surface area (TPSA) is 55.1 Å². The smallest absolute Gasteiger partial charge is 0.221 e. The molecule has 0 aliphatic rings. The lowest BCUT2D eigenvalue weighted by atomic mass is 9.92. The fourth-order valence-corrected chi connectivity index (χ4v) is 1.90. The van der Waals surface area contributed by atoms with E-state index >= 15 is 0 Å². The van der Waals surface area contributed by atoms with Crippen LogP contribution in [-0.4, -0.2) is 18.0 Å². The maximum absolute atomic E-state index is 11.5. The van der Waals surface area contributed by atoms with E-state index in [0.717, 1.165) is 6.42 Å². The fraction of sp³-hybridized carbons (Fsp3) is 0.500. The lowest BCUT2D eigenvalue weighted by Crippen LogP contribution is -2.45. The zero-order valence-electron chi connectivity index (χ0n) is 11.3. The van der Waals surface area contributed by atoms with E-state index in [2.05, 4.69) is 24.4 Å². The fourth-order valence-electron chi connectivity index (χ4n) is 1.90. The molecule has 0 aliphatic heterocycles. The molecule has 0 aliphatic carbocycles. The summed E-state index contributed by atoms with van der Waals surface area (Å²) in [7, 11) is 0. The van der Waals surface area contributed by atoms with E-state index in [1.807, 2.05) is 26.0 Å². The third-order valence-electron chi connectivity index (χ3n) is 2.74. The van der Waals surface area contributed by atoms with Crippen molar-refractivity contribution in [1.82, 2.24) is 5.32 Å². The maximum Gasteiger partial charge on any atom is 0.221 e. The van der Waals surface area contributed by atoms with Crippen LogP contribution in [0.4, 0.5) is 0 Å². The highest BCUT2D eigenvalue weighted by atomic mass is 35.5. The van der Waals surface area contributed by atoms with Crippen LogP contribution in [0.15, 0.2) is 24.3 Å². The lowest BCUT2D eigenvalue weighted by Gasteiger charge is -2.27. The Morgan fingerprint density at radius 1 is 1.33 bits per heavy atom. The van der Waals surface area contributed by atoms with Crippen molar-refractivity contribution in [3.8, 4) is 0 Å². The molecule has 0 aromatic heterocycles. The summed E-state index contributed by atoms with van der Waals surface area (Å²) < 4.78 is 0. The molecule has 0 atom stereocenters. The largest absolute Gasteiger partial charge is 0.351 e. The molecule has 0 saturated heterocycles. The number of aryl methyl sites for hydroxylation is 1. The first-order valence-electron chi connectivity index (χ1n) is 6.00. The van der Waals surface area contributed by atoms with Gasteiger partial charge in [-0.1, -0.05) is 24.3 Å². The van der Waals surface area contributed by atoms with Gasteiger partial charge < -0.3 is 11.1 Å². The first-order chi connectivity index (χ1) is 7.94. The van der Waals surface area contributed by atoms with Crippen LogP contribution in [0.1, 0.15) is 31.4 Å². The summed E-state index contributed by atoms with van der Waals surface area (Å²) >= 11 is 0. The SMILES string of the molecule is Cc1ccccc1CC(C)(C)NC(=O)CCN.Cl. The monoisotopic (exact) mass is 270 g/mol. The minimum absolute atomic E-state index is 0. The first-order valence-corrected chi connectivity index (χ1v) is 6.00. The van der Waals surface area contributed by atoms with Crippen LogP contribution >= 0.6 is 12.4 Å². The highest BCUT2D eigenvalue weighted by Gasteiger charge is 2.21. The van der Waals surface area contributed by atoms with Crippen LogP contribution < -0.4 is 11.1 Å². The Bertz CT molecular complexity index is 391. The second-order valence-electron chi connectivity index (χ2n) is 5.07. The number of nitrogens with one attached hydrogen (secondary N) is 1.